The number of amides is 1. The fraction of sp³-hybridized carbons (Fsp3) is 0.333. The lowest BCUT2D eigenvalue weighted by molar-refractivity contribution is -0.384. The van der Waals surface area contributed by atoms with Crippen LogP contribution in [0, 0.1) is 10.1 Å². The Morgan fingerprint density at radius 3 is 2.68 bits per heavy atom. The Hall–Kier alpha value is -3.82. The van der Waals surface area contributed by atoms with Crippen LogP contribution in [-0.4, -0.2) is 48.7 Å². The molecule has 162 valence electrons. The van der Waals surface area contributed by atoms with Crippen LogP contribution in [0.1, 0.15) is 23.2 Å². The van der Waals surface area contributed by atoms with E-state index < -0.39 is 23.4 Å². The minimum atomic E-state index is -0.817. The highest BCUT2D eigenvalue weighted by Crippen LogP contribution is 2.32. The van der Waals surface area contributed by atoms with Gasteiger partial charge in [-0.2, -0.15) is 0 Å². The largest absolute Gasteiger partial charge is 0.486 e. The van der Waals surface area contributed by atoms with E-state index in [4.69, 9.17) is 14.2 Å². The molecule has 31 heavy (non-hydrogen) atoms. The molecule has 0 aromatic heterocycles. The number of rotatable bonds is 8. The third-order valence-electron chi connectivity index (χ3n) is 4.80. The molecule has 2 aliphatic rings. The molecule has 1 saturated carbocycles. The molecule has 1 heterocycles. The van der Waals surface area contributed by atoms with Gasteiger partial charge in [-0.1, -0.05) is 12.1 Å². The first kappa shape index (κ1) is 20.5. The van der Waals surface area contributed by atoms with E-state index in [1.54, 1.807) is 12.1 Å². The van der Waals surface area contributed by atoms with Gasteiger partial charge in [0.1, 0.15) is 18.4 Å². The van der Waals surface area contributed by atoms with Crippen LogP contribution >= 0.6 is 0 Å². The number of nitrogens with zero attached hydrogens (tertiary/aromatic N) is 1. The number of ether oxygens (including phenoxy) is 3. The number of carbonyl (C=O) groups excluding carboxylic acids is 2. The van der Waals surface area contributed by atoms with Gasteiger partial charge in [-0.3, -0.25) is 14.9 Å². The molecule has 4 rings (SSSR count). The standard InChI is InChI=1S/C21H21N3O7/c25-20(22-10-15-11-29-18-3-1-2-4-19(18)31-15)12-30-21(26)13-5-8-16(23-14-6-7-14)17(9-13)24(27)28/h1-5,8-9,14-15,23H,6-7,10-12H2,(H,22,25). The second-order valence-electron chi connectivity index (χ2n) is 7.29. The monoisotopic (exact) mass is 427 g/mol. The van der Waals surface area contributed by atoms with Crippen LogP contribution in [0.25, 0.3) is 0 Å². The fourth-order valence-corrected chi connectivity index (χ4v) is 3.04. The van der Waals surface area contributed by atoms with E-state index in [-0.39, 0.29) is 36.5 Å². The lowest BCUT2D eigenvalue weighted by Gasteiger charge is -2.26. The van der Waals surface area contributed by atoms with E-state index in [2.05, 4.69) is 10.6 Å². The fourth-order valence-electron chi connectivity index (χ4n) is 3.04. The van der Waals surface area contributed by atoms with E-state index >= 15 is 0 Å². The van der Waals surface area contributed by atoms with Crippen LogP contribution in [0.5, 0.6) is 11.5 Å². The van der Waals surface area contributed by atoms with Crippen molar-refractivity contribution >= 4 is 23.3 Å². The Bertz CT molecular complexity index is 1010. The zero-order valence-electron chi connectivity index (χ0n) is 16.5. The Morgan fingerprint density at radius 2 is 1.94 bits per heavy atom. The summed E-state index contributed by atoms with van der Waals surface area (Å²) in [4.78, 5) is 35.0. The number of hydrogen-bond acceptors (Lipinski definition) is 8. The predicted molar refractivity (Wildman–Crippen MR) is 109 cm³/mol. The van der Waals surface area contributed by atoms with Crippen LogP contribution in [0.3, 0.4) is 0 Å². The van der Waals surface area contributed by atoms with Crippen molar-refractivity contribution in [2.24, 2.45) is 0 Å². The molecule has 0 bridgehead atoms. The first-order valence-corrected chi connectivity index (χ1v) is 9.87. The van der Waals surface area contributed by atoms with Crippen molar-refractivity contribution in [1.29, 1.82) is 0 Å². The molecule has 10 heteroatoms. The van der Waals surface area contributed by atoms with E-state index in [0.29, 0.717) is 17.2 Å². The summed E-state index contributed by atoms with van der Waals surface area (Å²) in [5.74, 6) is -0.0909. The van der Waals surface area contributed by atoms with E-state index in [0.717, 1.165) is 18.9 Å². The second kappa shape index (κ2) is 8.90. The zero-order chi connectivity index (χ0) is 21.8. The molecule has 1 amide bonds. The summed E-state index contributed by atoms with van der Waals surface area (Å²) in [6.45, 7) is -0.0570. The molecule has 1 aliphatic heterocycles. The van der Waals surface area contributed by atoms with Gasteiger partial charge >= 0.3 is 5.97 Å². The average Bonchev–Trinajstić information content (AvgIpc) is 3.60. The summed E-state index contributed by atoms with van der Waals surface area (Å²) < 4.78 is 16.3. The lowest BCUT2D eigenvalue weighted by Crippen LogP contribution is -2.42. The van der Waals surface area contributed by atoms with Crippen LogP contribution < -0.4 is 20.1 Å². The van der Waals surface area contributed by atoms with E-state index in [1.807, 2.05) is 12.1 Å². The minimum absolute atomic E-state index is 0.00136. The first-order chi connectivity index (χ1) is 15.0. The number of nitrogens with one attached hydrogen (secondary N) is 2. The molecule has 2 N–H and O–H groups in total. The zero-order valence-corrected chi connectivity index (χ0v) is 16.5. The molecule has 1 fully saturated rings. The van der Waals surface area contributed by atoms with Gasteiger partial charge in [0.2, 0.25) is 0 Å². The van der Waals surface area contributed by atoms with Crippen LogP contribution in [0.15, 0.2) is 42.5 Å². The average molecular weight is 427 g/mol. The van der Waals surface area contributed by atoms with Crippen molar-refractivity contribution < 1.29 is 28.7 Å². The summed E-state index contributed by atoms with van der Waals surface area (Å²) >= 11 is 0. The minimum Gasteiger partial charge on any atom is -0.486 e. The first-order valence-electron chi connectivity index (χ1n) is 9.87. The highest BCUT2D eigenvalue weighted by Gasteiger charge is 2.26. The number of para-hydroxylation sites is 2. The quantitative estimate of drug-likeness (QED) is 0.373. The van der Waals surface area contributed by atoms with Crippen molar-refractivity contribution in [2.45, 2.75) is 25.0 Å². The van der Waals surface area contributed by atoms with Gasteiger partial charge in [-0.15, -0.1) is 0 Å². The third-order valence-corrected chi connectivity index (χ3v) is 4.80. The van der Waals surface area contributed by atoms with E-state index in [1.165, 1.54) is 12.1 Å². The number of fused-ring (bicyclic) bond motifs is 1. The molecule has 0 radical (unpaired) electrons. The van der Waals surface area contributed by atoms with Crippen molar-refractivity contribution in [3.63, 3.8) is 0 Å². The highest BCUT2D eigenvalue weighted by molar-refractivity contribution is 5.93. The number of anilines is 1. The van der Waals surface area contributed by atoms with Crippen LogP contribution in [0.2, 0.25) is 0 Å². The van der Waals surface area contributed by atoms with Crippen molar-refractivity contribution in [2.75, 3.05) is 25.1 Å². The summed E-state index contributed by atoms with van der Waals surface area (Å²) in [5, 5.41) is 17.0. The van der Waals surface area contributed by atoms with Gasteiger partial charge in [0.25, 0.3) is 11.6 Å². The second-order valence-corrected chi connectivity index (χ2v) is 7.29. The van der Waals surface area contributed by atoms with Gasteiger partial charge in [0.05, 0.1) is 17.0 Å². The van der Waals surface area contributed by atoms with Crippen LogP contribution in [-0.2, 0) is 9.53 Å². The highest BCUT2D eigenvalue weighted by atomic mass is 16.6. The number of benzene rings is 2. The van der Waals surface area contributed by atoms with Gasteiger partial charge in [-0.25, -0.2) is 4.79 Å². The van der Waals surface area contributed by atoms with Gasteiger partial charge < -0.3 is 24.8 Å². The molecule has 2 aromatic carbocycles. The summed E-state index contributed by atoms with van der Waals surface area (Å²) in [6, 6.07) is 11.5. The lowest BCUT2D eigenvalue weighted by atomic mass is 10.1. The Balaban J connectivity index is 1.26. The summed E-state index contributed by atoms with van der Waals surface area (Å²) in [5.41, 5.74) is 0.153. The molecule has 0 spiro atoms. The molecule has 1 aliphatic carbocycles. The Labute approximate surface area is 177 Å². The van der Waals surface area contributed by atoms with Gasteiger partial charge in [-0.05, 0) is 37.1 Å². The van der Waals surface area contributed by atoms with Crippen LogP contribution in [0.4, 0.5) is 11.4 Å². The van der Waals surface area contributed by atoms with Crippen molar-refractivity contribution in [1.82, 2.24) is 5.32 Å². The number of carbonyl (C=O) groups is 2. The predicted octanol–water partition coefficient (Wildman–Crippen LogP) is 2.28. The third kappa shape index (κ3) is 5.21. The molecule has 1 atom stereocenters. The maximum Gasteiger partial charge on any atom is 0.338 e. The van der Waals surface area contributed by atoms with Gasteiger partial charge in [0, 0.05) is 12.1 Å². The SMILES string of the molecule is O=C(COC(=O)c1ccc(NC2CC2)c([N+](=O)[O-])c1)NCC1COc2ccccc2O1. The Kier molecular flexibility index (Phi) is 5.87. The number of hydrogen-bond donors (Lipinski definition) is 2. The number of esters is 1. The molecule has 0 saturated heterocycles. The smallest absolute Gasteiger partial charge is 0.338 e. The maximum absolute atomic E-state index is 12.2. The molecular formula is C21H21N3O7. The van der Waals surface area contributed by atoms with Crippen molar-refractivity contribution in [3.05, 3.63) is 58.1 Å². The summed E-state index contributed by atoms with van der Waals surface area (Å²) in [7, 11) is 0. The van der Waals surface area contributed by atoms with E-state index in [9.17, 15) is 19.7 Å². The molecule has 10 nitrogen and oxygen atoms in total. The maximum atomic E-state index is 12.2. The Morgan fingerprint density at radius 1 is 1.16 bits per heavy atom. The number of nitro benzene ring substituents is 1. The van der Waals surface area contributed by atoms with Crippen molar-refractivity contribution in [3.8, 4) is 11.5 Å². The molecular weight excluding hydrogens is 406 g/mol. The normalized spacial score (nSPS) is 16.8. The summed E-state index contributed by atoms with van der Waals surface area (Å²) in [6.07, 6.45) is 1.55. The topological polar surface area (TPSA) is 129 Å². The molecule has 2 aromatic rings. The van der Waals surface area contributed by atoms with Gasteiger partial charge in [0.15, 0.2) is 18.1 Å². The number of nitro groups is 1. The molecule has 1 unspecified atom stereocenters.